The van der Waals surface area contributed by atoms with Crippen LogP contribution in [0.15, 0.2) is 23.2 Å². The maximum atomic E-state index is 12.3. The van der Waals surface area contributed by atoms with E-state index in [9.17, 15) is 8.42 Å². The van der Waals surface area contributed by atoms with E-state index in [1.54, 1.807) is 6.07 Å². The fourth-order valence-electron chi connectivity index (χ4n) is 2.31. The molecule has 0 bridgehead atoms. The van der Waals surface area contributed by atoms with Crippen molar-refractivity contribution in [3.8, 4) is 6.07 Å². The van der Waals surface area contributed by atoms with E-state index in [2.05, 4.69) is 9.71 Å². The number of ether oxygens (including phenoxy) is 1. The normalized spacial score (nSPS) is 18.4. The van der Waals surface area contributed by atoms with Gasteiger partial charge in [-0.1, -0.05) is 0 Å². The first kappa shape index (κ1) is 14.9. The average Bonchev–Trinajstić information content (AvgIpc) is 2.47. The van der Waals surface area contributed by atoms with Gasteiger partial charge < -0.3 is 4.74 Å². The quantitative estimate of drug-likeness (QED) is 0.896. The van der Waals surface area contributed by atoms with Gasteiger partial charge in [-0.2, -0.15) is 5.26 Å². The van der Waals surface area contributed by atoms with Gasteiger partial charge in [-0.05, 0) is 37.8 Å². The van der Waals surface area contributed by atoms with Crippen LogP contribution >= 0.6 is 0 Å². The predicted molar refractivity (Wildman–Crippen MR) is 72.3 cm³/mol. The van der Waals surface area contributed by atoms with Crippen LogP contribution in [0.3, 0.4) is 0 Å². The van der Waals surface area contributed by atoms with Gasteiger partial charge in [0.2, 0.25) is 10.0 Å². The highest BCUT2D eigenvalue weighted by Crippen LogP contribution is 2.21. The van der Waals surface area contributed by atoms with Gasteiger partial charge in [-0.3, -0.25) is 0 Å². The molecule has 108 valence electrons. The molecular weight excluding hydrogens is 278 g/mol. The largest absolute Gasteiger partial charge is 0.381 e. The number of sulfonamides is 1. The lowest BCUT2D eigenvalue weighted by Gasteiger charge is -2.28. The van der Waals surface area contributed by atoms with E-state index >= 15 is 0 Å². The highest BCUT2D eigenvalue weighted by Gasteiger charge is 2.27. The van der Waals surface area contributed by atoms with Crippen molar-refractivity contribution >= 4 is 10.0 Å². The molecule has 1 N–H and O–H groups in total. The Labute approximate surface area is 118 Å². The fourth-order valence-corrected chi connectivity index (χ4v) is 3.73. The molecular formula is C13H17N3O3S. The monoisotopic (exact) mass is 295 g/mol. The molecule has 0 spiro atoms. The number of nitriles is 1. The number of pyridine rings is 1. The summed E-state index contributed by atoms with van der Waals surface area (Å²) in [5, 5.41) is 8.94. The van der Waals surface area contributed by atoms with E-state index in [1.807, 2.05) is 6.92 Å². The summed E-state index contributed by atoms with van der Waals surface area (Å²) in [7, 11) is -3.73. The zero-order valence-electron chi connectivity index (χ0n) is 11.2. The van der Waals surface area contributed by atoms with Crippen LogP contribution in [0.2, 0.25) is 0 Å². The van der Waals surface area contributed by atoms with Gasteiger partial charge >= 0.3 is 0 Å². The first-order valence-corrected chi connectivity index (χ1v) is 7.98. The fraction of sp³-hybridized carbons (Fsp3) is 0.538. The van der Waals surface area contributed by atoms with Crippen LogP contribution in [-0.4, -0.2) is 32.7 Å². The molecule has 1 saturated heterocycles. The Morgan fingerprint density at radius 1 is 1.50 bits per heavy atom. The average molecular weight is 295 g/mol. The van der Waals surface area contributed by atoms with Crippen molar-refractivity contribution < 1.29 is 13.2 Å². The first-order valence-electron chi connectivity index (χ1n) is 6.50. The van der Waals surface area contributed by atoms with E-state index in [4.69, 9.17) is 10.00 Å². The Kier molecular flexibility index (Phi) is 4.70. The van der Waals surface area contributed by atoms with E-state index < -0.39 is 10.0 Å². The summed E-state index contributed by atoms with van der Waals surface area (Å²) in [4.78, 5) is 3.71. The third-order valence-corrected chi connectivity index (χ3v) is 5.07. The lowest BCUT2D eigenvalue weighted by atomic mass is 9.94. The van der Waals surface area contributed by atoms with Crippen molar-refractivity contribution in [1.29, 1.82) is 5.26 Å². The summed E-state index contributed by atoms with van der Waals surface area (Å²) in [6.45, 7) is 3.16. The molecule has 1 atom stereocenters. The van der Waals surface area contributed by atoms with Gasteiger partial charge in [-0.15, -0.1) is 0 Å². The summed E-state index contributed by atoms with van der Waals surface area (Å²) in [6, 6.07) is 4.51. The van der Waals surface area contributed by atoms with Crippen molar-refractivity contribution in [2.24, 2.45) is 5.92 Å². The second-order valence-electron chi connectivity index (χ2n) is 4.82. The summed E-state index contributed by atoms with van der Waals surface area (Å²) in [5.41, 5.74) is -0.0841. The van der Waals surface area contributed by atoms with Crippen LogP contribution < -0.4 is 4.72 Å². The van der Waals surface area contributed by atoms with E-state index in [1.165, 1.54) is 18.3 Å². The SMILES string of the molecule is CC(NS(=O)(=O)c1cccnc1C#N)C1CCOCC1. The molecule has 0 radical (unpaired) electrons. The molecule has 0 amide bonds. The van der Waals surface area contributed by atoms with Crippen molar-refractivity contribution in [3.05, 3.63) is 24.0 Å². The number of rotatable bonds is 4. The smallest absolute Gasteiger partial charge is 0.243 e. The first-order chi connectivity index (χ1) is 9.54. The molecule has 0 aromatic carbocycles. The topological polar surface area (TPSA) is 92.1 Å². The minimum atomic E-state index is -3.73. The van der Waals surface area contributed by atoms with E-state index in [0.717, 1.165) is 12.8 Å². The molecule has 0 aliphatic carbocycles. The molecule has 1 aromatic rings. The van der Waals surface area contributed by atoms with Crippen molar-refractivity contribution in [2.45, 2.75) is 30.7 Å². The third kappa shape index (κ3) is 3.33. The Morgan fingerprint density at radius 3 is 2.85 bits per heavy atom. The summed E-state index contributed by atoms with van der Waals surface area (Å²) in [5.74, 6) is 0.251. The van der Waals surface area contributed by atoms with Crippen molar-refractivity contribution in [2.75, 3.05) is 13.2 Å². The highest BCUT2D eigenvalue weighted by atomic mass is 32.2. The number of nitrogens with one attached hydrogen (secondary N) is 1. The number of nitrogens with zero attached hydrogens (tertiary/aromatic N) is 2. The zero-order valence-corrected chi connectivity index (χ0v) is 12.1. The van der Waals surface area contributed by atoms with Gasteiger partial charge in [0.05, 0.1) is 0 Å². The second-order valence-corrected chi connectivity index (χ2v) is 6.50. The molecule has 6 nitrogen and oxygen atoms in total. The molecule has 20 heavy (non-hydrogen) atoms. The van der Waals surface area contributed by atoms with Crippen LogP contribution in [0.1, 0.15) is 25.5 Å². The van der Waals surface area contributed by atoms with Crippen LogP contribution in [-0.2, 0) is 14.8 Å². The maximum Gasteiger partial charge on any atom is 0.243 e. The summed E-state index contributed by atoms with van der Waals surface area (Å²) in [6.07, 6.45) is 3.07. The second kappa shape index (κ2) is 6.31. The lowest BCUT2D eigenvalue weighted by Crippen LogP contribution is -2.40. The Morgan fingerprint density at radius 2 is 2.20 bits per heavy atom. The highest BCUT2D eigenvalue weighted by molar-refractivity contribution is 7.89. The van der Waals surface area contributed by atoms with Crippen LogP contribution in [0.25, 0.3) is 0 Å². The van der Waals surface area contributed by atoms with Crippen molar-refractivity contribution in [1.82, 2.24) is 9.71 Å². The number of hydrogen-bond acceptors (Lipinski definition) is 5. The standard InChI is InChI=1S/C13H17N3O3S/c1-10(11-4-7-19-8-5-11)16-20(17,18)13-3-2-6-15-12(13)9-14/h2-3,6,10-11,16H,4-5,7-8H2,1H3. The Hall–Kier alpha value is -1.49. The molecule has 1 fully saturated rings. The van der Waals surface area contributed by atoms with Gasteiger partial charge in [0.1, 0.15) is 11.0 Å². The molecule has 1 aliphatic heterocycles. The van der Waals surface area contributed by atoms with Gasteiger partial charge in [0, 0.05) is 25.5 Å². The Balaban J connectivity index is 2.16. The molecule has 0 saturated carbocycles. The van der Waals surface area contributed by atoms with Crippen molar-refractivity contribution in [3.63, 3.8) is 0 Å². The zero-order chi connectivity index (χ0) is 14.6. The van der Waals surface area contributed by atoms with Gasteiger partial charge in [0.15, 0.2) is 5.69 Å². The number of hydrogen-bond donors (Lipinski definition) is 1. The molecule has 1 aromatic heterocycles. The molecule has 7 heteroatoms. The van der Waals surface area contributed by atoms with Gasteiger partial charge in [-0.25, -0.2) is 18.1 Å². The maximum absolute atomic E-state index is 12.3. The lowest BCUT2D eigenvalue weighted by molar-refractivity contribution is 0.0585. The molecule has 2 heterocycles. The van der Waals surface area contributed by atoms with Gasteiger partial charge in [0.25, 0.3) is 0 Å². The Bertz CT molecular complexity index is 604. The van der Waals surface area contributed by atoms with E-state index in [0.29, 0.717) is 13.2 Å². The minimum Gasteiger partial charge on any atom is -0.381 e. The summed E-state index contributed by atoms with van der Waals surface area (Å²) >= 11 is 0. The van der Waals surface area contributed by atoms with Crippen LogP contribution in [0, 0.1) is 17.2 Å². The summed E-state index contributed by atoms with van der Waals surface area (Å²) < 4.78 is 32.6. The van der Waals surface area contributed by atoms with E-state index in [-0.39, 0.29) is 22.5 Å². The molecule has 1 aliphatic rings. The van der Waals surface area contributed by atoms with Crippen LogP contribution in [0.5, 0.6) is 0 Å². The molecule has 1 unspecified atom stereocenters. The predicted octanol–water partition coefficient (Wildman–Crippen LogP) is 1.05. The third-order valence-electron chi connectivity index (χ3n) is 3.48. The minimum absolute atomic E-state index is 0.0681. The number of aromatic nitrogens is 1. The van der Waals surface area contributed by atoms with Crippen LogP contribution in [0.4, 0.5) is 0 Å². The molecule has 2 rings (SSSR count).